The maximum absolute atomic E-state index is 11.5. The Bertz CT molecular complexity index is 208. The average Bonchev–Trinajstić information content (AvgIpc) is 2.05. The van der Waals surface area contributed by atoms with Gasteiger partial charge in [0.2, 0.25) is 0 Å². The van der Waals surface area contributed by atoms with Crippen LogP contribution in [0.3, 0.4) is 0 Å². The first-order valence-electron chi connectivity index (χ1n) is 3.67. The van der Waals surface area contributed by atoms with Crippen LogP contribution in [0.1, 0.15) is 13.8 Å². The van der Waals surface area contributed by atoms with Crippen molar-refractivity contribution in [2.75, 3.05) is 0 Å². The SMILES string of the molecule is CC(C)[S@@+]([O-])c1ccccc1. The Labute approximate surface area is 70.6 Å². The van der Waals surface area contributed by atoms with E-state index in [9.17, 15) is 4.55 Å². The molecule has 0 N–H and O–H groups in total. The standard InChI is InChI=1S/C9H12OS/c1-8(2)11(10)9-6-4-3-5-7-9/h3-8H,1-2H3/t11-/m1/s1. The van der Waals surface area contributed by atoms with Crippen molar-refractivity contribution in [1.29, 1.82) is 0 Å². The van der Waals surface area contributed by atoms with Gasteiger partial charge < -0.3 is 4.55 Å². The summed E-state index contributed by atoms with van der Waals surface area (Å²) in [6.07, 6.45) is 0. The smallest absolute Gasteiger partial charge is 0.152 e. The molecule has 0 aliphatic carbocycles. The first-order chi connectivity index (χ1) is 5.22. The van der Waals surface area contributed by atoms with Crippen molar-refractivity contribution < 1.29 is 4.55 Å². The fourth-order valence-electron chi connectivity index (χ4n) is 0.827. The Morgan fingerprint density at radius 1 is 1.18 bits per heavy atom. The highest BCUT2D eigenvalue weighted by molar-refractivity contribution is 7.92. The third-order valence-corrected chi connectivity index (χ3v) is 3.00. The summed E-state index contributed by atoms with van der Waals surface area (Å²) < 4.78 is 11.5. The van der Waals surface area contributed by atoms with Crippen LogP contribution in [0, 0.1) is 0 Å². The maximum Gasteiger partial charge on any atom is 0.152 e. The van der Waals surface area contributed by atoms with Crippen LogP contribution in [0.4, 0.5) is 0 Å². The van der Waals surface area contributed by atoms with Gasteiger partial charge in [0.1, 0.15) is 5.25 Å². The van der Waals surface area contributed by atoms with Gasteiger partial charge >= 0.3 is 0 Å². The molecule has 60 valence electrons. The van der Waals surface area contributed by atoms with E-state index in [1.54, 1.807) is 0 Å². The molecule has 1 nitrogen and oxygen atoms in total. The summed E-state index contributed by atoms with van der Waals surface area (Å²) in [6, 6.07) is 9.55. The molecule has 0 amide bonds. The third kappa shape index (κ3) is 2.24. The van der Waals surface area contributed by atoms with Gasteiger partial charge in [-0.15, -0.1) is 0 Å². The van der Waals surface area contributed by atoms with Gasteiger partial charge in [-0.3, -0.25) is 0 Å². The fourth-order valence-corrected chi connectivity index (χ4v) is 1.80. The van der Waals surface area contributed by atoms with Gasteiger partial charge in [0.25, 0.3) is 0 Å². The van der Waals surface area contributed by atoms with Crippen molar-refractivity contribution in [3.8, 4) is 0 Å². The van der Waals surface area contributed by atoms with Crippen LogP contribution in [-0.4, -0.2) is 9.80 Å². The van der Waals surface area contributed by atoms with Gasteiger partial charge in [0.05, 0.1) is 0 Å². The molecule has 1 rings (SSSR count). The highest BCUT2D eigenvalue weighted by Gasteiger charge is 2.13. The topological polar surface area (TPSA) is 23.1 Å². The summed E-state index contributed by atoms with van der Waals surface area (Å²) in [5.74, 6) is 0. The third-order valence-electron chi connectivity index (χ3n) is 1.40. The van der Waals surface area contributed by atoms with Crippen LogP contribution < -0.4 is 0 Å². The van der Waals surface area contributed by atoms with Gasteiger partial charge in [0, 0.05) is 0 Å². The lowest BCUT2D eigenvalue weighted by atomic mass is 10.4. The van der Waals surface area contributed by atoms with Crippen LogP contribution in [0.5, 0.6) is 0 Å². The van der Waals surface area contributed by atoms with Crippen molar-refractivity contribution in [1.82, 2.24) is 0 Å². The van der Waals surface area contributed by atoms with E-state index in [2.05, 4.69) is 0 Å². The minimum atomic E-state index is -0.835. The molecule has 0 aromatic heterocycles. The number of rotatable bonds is 2. The molecule has 0 aliphatic rings. The van der Waals surface area contributed by atoms with Crippen molar-refractivity contribution in [3.05, 3.63) is 30.3 Å². The molecule has 0 radical (unpaired) electrons. The molecule has 0 bridgehead atoms. The van der Waals surface area contributed by atoms with Crippen LogP contribution in [-0.2, 0) is 11.2 Å². The first-order valence-corrected chi connectivity index (χ1v) is 4.88. The number of benzene rings is 1. The molecule has 0 spiro atoms. The Kier molecular flexibility index (Phi) is 2.97. The van der Waals surface area contributed by atoms with E-state index in [0.717, 1.165) is 4.90 Å². The van der Waals surface area contributed by atoms with E-state index in [4.69, 9.17) is 0 Å². The van der Waals surface area contributed by atoms with Crippen LogP contribution in [0.25, 0.3) is 0 Å². The Morgan fingerprint density at radius 2 is 1.73 bits per heavy atom. The summed E-state index contributed by atoms with van der Waals surface area (Å²) in [5, 5.41) is 0.206. The van der Waals surface area contributed by atoms with Gasteiger partial charge in [-0.1, -0.05) is 18.2 Å². The van der Waals surface area contributed by atoms with E-state index >= 15 is 0 Å². The van der Waals surface area contributed by atoms with E-state index in [-0.39, 0.29) is 5.25 Å². The lowest BCUT2D eigenvalue weighted by molar-refractivity contribution is 0.586. The molecule has 0 aliphatic heterocycles. The predicted molar refractivity (Wildman–Crippen MR) is 48.0 cm³/mol. The maximum atomic E-state index is 11.5. The molecule has 0 heterocycles. The normalized spacial score (nSPS) is 13.5. The number of hydrogen-bond donors (Lipinski definition) is 0. The zero-order chi connectivity index (χ0) is 8.27. The van der Waals surface area contributed by atoms with E-state index in [1.807, 2.05) is 44.2 Å². The summed E-state index contributed by atoms with van der Waals surface area (Å²) in [7, 11) is 0. The molecular weight excluding hydrogens is 156 g/mol. The van der Waals surface area contributed by atoms with Crippen molar-refractivity contribution in [2.45, 2.75) is 24.0 Å². The molecular formula is C9H12OS. The molecule has 2 heteroatoms. The molecule has 0 saturated heterocycles. The molecule has 1 aromatic carbocycles. The summed E-state index contributed by atoms with van der Waals surface area (Å²) >= 11 is -0.835. The predicted octanol–water partition coefficient (Wildman–Crippen LogP) is 2.20. The fraction of sp³-hybridized carbons (Fsp3) is 0.333. The lowest BCUT2D eigenvalue weighted by Crippen LogP contribution is -2.13. The van der Waals surface area contributed by atoms with E-state index < -0.39 is 11.2 Å². The van der Waals surface area contributed by atoms with E-state index in [1.165, 1.54) is 0 Å². The molecule has 0 fully saturated rings. The van der Waals surface area contributed by atoms with Crippen molar-refractivity contribution in [3.63, 3.8) is 0 Å². The first kappa shape index (κ1) is 8.62. The van der Waals surface area contributed by atoms with Crippen molar-refractivity contribution >= 4 is 11.2 Å². The molecule has 11 heavy (non-hydrogen) atoms. The molecule has 0 saturated carbocycles. The second-order valence-corrected chi connectivity index (χ2v) is 4.67. The van der Waals surface area contributed by atoms with Gasteiger partial charge in [-0.2, -0.15) is 0 Å². The molecule has 0 unspecified atom stereocenters. The minimum Gasteiger partial charge on any atom is -0.611 e. The second kappa shape index (κ2) is 3.79. The summed E-state index contributed by atoms with van der Waals surface area (Å²) in [5.41, 5.74) is 0. The highest BCUT2D eigenvalue weighted by Crippen LogP contribution is 2.14. The monoisotopic (exact) mass is 168 g/mol. The average molecular weight is 168 g/mol. The highest BCUT2D eigenvalue weighted by atomic mass is 32.2. The summed E-state index contributed by atoms with van der Waals surface area (Å²) in [4.78, 5) is 0.919. The Hall–Kier alpha value is -0.470. The molecule has 1 aromatic rings. The van der Waals surface area contributed by atoms with Gasteiger partial charge in [-0.05, 0) is 37.2 Å². The van der Waals surface area contributed by atoms with Crippen LogP contribution in [0.2, 0.25) is 0 Å². The zero-order valence-corrected chi connectivity index (χ0v) is 7.60. The second-order valence-electron chi connectivity index (χ2n) is 2.66. The lowest BCUT2D eigenvalue weighted by Gasteiger charge is -2.12. The molecule has 1 atom stereocenters. The zero-order valence-electron chi connectivity index (χ0n) is 6.78. The largest absolute Gasteiger partial charge is 0.611 e. The van der Waals surface area contributed by atoms with Crippen LogP contribution in [0.15, 0.2) is 35.2 Å². The van der Waals surface area contributed by atoms with Gasteiger partial charge in [-0.25, -0.2) is 0 Å². The van der Waals surface area contributed by atoms with Gasteiger partial charge in [0.15, 0.2) is 4.90 Å². The summed E-state index contributed by atoms with van der Waals surface area (Å²) in [6.45, 7) is 3.92. The van der Waals surface area contributed by atoms with Crippen LogP contribution >= 0.6 is 0 Å². The van der Waals surface area contributed by atoms with E-state index in [0.29, 0.717) is 0 Å². The minimum absolute atomic E-state index is 0.206. The number of hydrogen-bond acceptors (Lipinski definition) is 1. The Morgan fingerprint density at radius 3 is 2.18 bits per heavy atom. The van der Waals surface area contributed by atoms with Crippen molar-refractivity contribution in [2.24, 2.45) is 0 Å². The quantitative estimate of drug-likeness (QED) is 0.621. The Balaban J connectivity index is 2.77.